The number of carbonyl (C=O) groups is 2. The van der Waals surface area contributed by atoms with Crippen LogP contribution < -0.4 is 0 Å². The number of esters is 1. The van der Waals surface area contributed by atoms with E-state index in [0.717, 1.165) is 12.8 Å². The van der Waals surface area contributed by atoms with E-state index >= 15 is 0 Å². The molecule has 0 amide bonds. The molecule has 1 heterocycles. The molecular weight excluding hydrogens is 342 g/mol. The number of aromatic nitrogens is 1. The van der Waals surface area contributed by atoms with Crippen molar-refractivity contribution in [2.75, 3.05) is 7.11 Å². The van der Waals surface area contributed by atoms with E-state index in [2.05, 4.69) is 16.8 Å². The fourth-order valence-electron chi connectivity index (χ4n) is 2.77. The quantitative estimate of drug-likeness (QED) is 0.500. The molecule has 0 fully saturated rings. The maximum atomic E-state index is 12.9. The second-order valence-electron chi connectivity index (χ2n) is 5.63. The number of carbonyl (C=O) groups excluding carboxylic acids is 2. The third-order valence-electron chi connectivity index (χ3n) is 4.00. The number of nitrogens with zero attached hydrogens (tertiary/aromatic N) is 1. The van der Waals surface area contributed by atoms with E-state index in [0.29, 0.717) is 22.3 Å². The van der Waals surface area contributed by atoms with Crippen LogP contribution in [-0.2, 0) is 11.2 Å². The lowest BCUT2D eigenvalue weighted by atomic mass is 9.99. The van der Waals surface area contributed by atoms with Crippen LogP contribution in [0.2, 0.25) is 5.02 Å². The van der Waals surface area contributed by atoms with E-state index in [1.54, 1.807) is 12.1 Å². The molecule has 1 aliphatic carbocycles. The van der Waals surface area contributed by atoms with Crippen molar-refractivity contribution in [1.29, 1.82) is 0 Å². The molecule has 2 aliphatic rings. The molecule has 0 atom stereocenters. The summed E-state index contributed by atoms with van der Waals surface area (Å²) in [4.78, 5) is 24.7. The van der Waals surface area contributed by atoms with E-state index in [1.807, 2.05) is 12.1 Å². The molecule has 0 N–H and O–H groups in total. The molecule has 5 nitrogen and oxygen atoms in total. The maximum Gasteiger partial charge on any atom is 0.360 e. The first-order chi connectivity index (χ1) is 12.1. The van der Waals surface area contributed by atoms with Gasteiger partial charge in [-0.2, -0.15) is 0 Å². The summed E-state index contributed by atoms with van der Waals surface area (Å²) < 4.78 is 9.66. The van der Waals surface area contributed by atoms with E-state index < -0.39 is 5.97 Å². The monoisotopic (exact) mass is 357 g/mol. The first-order valence-corrected chi connectivity index (χ1v) is 8.23. The van der Waals surface area contributed by atoms with Crippen LogP contribution in [-0.4, -0.2) is 24.0 Å². The summed E-state index contributed by atoms with van der Waals surface area (Å²) in [5.74, 6) is -0.873. The van der Waals surface area contributed by atoms with Gasteiger partial charge in [-0.15, -0.1) is 0 Å². The van der Waals surface area contributed by atoms with E-state index in [1.165, 1.54) is 25.0 Å². The van der Waals surface area contributed by atoms with E-state index in [-0.39, 0.29) is 16.5 Å². The van der Waals surface area contributed by atoms with Crippen molar-refractivity contribution in [2.24, 2.45) is 0 Å². The van der Waals surface area contributed by atoms with Gasteiger partial charge >= 0.3 is 5.97 Å². The van der Waals surface area contributed by atoms with Gasteiger partial charge in [-0.25, -0.2) is 4.79 Å². The van der Waals surface area contributed by atoms with Crippen LogP contribution in [0.1, 0.15) is 45.3 Å². The minimum atomic E-state index is -0.676. The van der Waals surface area contributed by atoms with Gasteiger partial charge in [-0.1, -0.05) is 54.4 Å². The van der Waals surface area contributed by atoms with Gasteiger partial charge in [-0.3, -0.25) is 4.79 Å². The van der Waals surface area contributed by atoms with Gasteiger partial charge in [-0.05, 0) is 18.1 Å². The summed E-state index contributed by atoms with van der Waals surface area (Å²) in [6, 6.07) is 8.99. The lowest BCUT2D eigenvalue weighted by Crippen LogP contribution is -2.07. The minimum absolute atomic E-state index is 0.0534. The Kier molecular flexibility index (Phi) is 4.86. The molecule has 0 radical (unpaired) electrons. The smallest absolute Gasteiger partial charge is 0.360 e. The van der Waals surface area contributed by atoms with Crippen molar-refractivity contribution in [3.63, 3.8) is 0 Å². The molecule has 25 heavy (non-hydrogen) atoms. The maximum absolute atomic E-state index is 12.9. The number of halogens is 1. The van der Waals surface area contributed by atoms with Crippen molar-refractivity contribution < 1.29 is 18.8 Å². The first-order valence-electron chi connectivity index (χ1n) is 7.85. The Balaban J connectivity index is 2.01. The van der Waals surface area contributed by atoms with Crippen molar-refractivity contribution in [3.8, 4) is 11.1 Å². The Morgan fingerprint density at radius 3 is 2.60 bits per heavy atom. The van der Waals surface area contributed by atoms with Crippen LogP contribution in [0.5, 0.6) is 0 Å². The largest absolute Gasteiger partial charge is 0.464 e. The van der Waals surface area contributed by atoms with Crippen molar-refractivity contribution in [3.05, 3.63) is 64.0 Å². The molecule has 3 rings (SSSR count). The average Bonchev–Trinajstić information content (AvgIpc) is 2.98. The summed E-state index contributed by atoms with van der Waals surface area (Å²) in [5, 5.41) is 3.92. The summed E-state index contributed by atoms with van der Waals surface area (Å²) in [5.41, 5.74) is 2.81. The Labute approximate surface area is 149 Å². The summed E-state index contributed by atoms with van der Waals surface area (Å²) >= 11 is 6.24. The highest BCUT2D eigenvalue weighted by atomic mass is 35.5. The fraction of sp³-hybridized carbons (Fsp3) is 0.211. The van der Waals surface area contributed by atoms with Crippen LogP contribution in [0.3, 0.4) is 0 Å². The zero-order valence-electron chi connectivity index (χ0n) is 13.8. The predicted octanol–water partition coefficient (Wildman–Crippen LogP) is 4.40. The van der Waals surface area contributed by atoms with Crippen LogP contribution in [0.15, 0.2) is 41.1 Å². The minimum Gasteiger partial charge on any atom is -0.464 e. The Bertz CT molecular complexity index is 898. The normalized spacial score (nSPS) is 10.8. The standard InChI is InChI=1S/C19H16ClNO4/c1-3-4-11-5-7-12(8-6-11)18(22)13-9-15(20)16-14(13)10-25-21-17(16)19(23)24-2/h5-10H,3-4H2,1-2H3. The number of hydrogen-bond acceptors (Lipinski definition) is 5. The molecule has 0 aromatic heterocycles. The average molecular weight is 358 g/mol. The number of fused-ring (bicyclic) bond motifs is 1. The van der Waals surface area contributed by atoms with Gasteiger partial charge in [0.1, 0.15) is 6.26 Å². The molecule has 6 heteroatoms. The second kappa shape index (κ2) is 7.07. The van der Waals surface area contributed by atoms with Crippen LogP contribution in [0.4, 0.5) is 0 Å². The fourth-order valence-corrected chi connectivity index (χ4v) is 3.07. The summed E-state index contributed by atoms with van der Waals surface area (Å²) in [7, 11) is 1.24. The molecule has 0 bridgehead atoms. The van der Waals surface area contributed by atoms with E-state index in [9.17, 15) is 9.59 Å². The second-order valence-corrected chi connectivity index (χ2v) is 6.03. The molecule has 0 spiro atoms. The van der Waals surface area contributed by atoms with Crippen LogP contribution >= 0.6 is 11.6 Å². The van der Waals surface area contributed by atoms with Gasteiger partial charge in [0.15, 0.2) is 11.5 Å². The van der Waals surface area contributed by atoms with Crippen LogP contribution in [0, 0.1) is 0 Å². The number of hydrogen-bond donors (Lipinski definition) is 0. The number of aryl methyl sites for hydroxylation is 1. The molecule has 0 saturated heterocycles. The summed E-state index contributed by atoms with van der Waals surface area (Å²) in [6.45, 7) is 2.10. The SMILES string of the molecule is CCCc1ccc(C(=O)c2cc(Cl)c3c(C(=O)OC)nocc2-3)cc1. The van der Waals surface area contributed by atoms with Crippen molar-refractivity contribution in [2.45, 2.75) is 19.8 Å². The molecule has 1 aromatic rings. The molecule has 128 valence electrons. The van der Waals surface area contributed by atoms with Gasteiger partial charge in [0, 0.05) is 22.3 Å². The zero-order chi connectivity index (χ0) is 18.0. The number of rotatable bonds is 5. The van der Waals surface area contributed by atoms with Crippen molar-refractivity contribution >= 4 is 23.4 Å². The number of benzene rings is 1. The Morgan fingerprint density at radius 1 is 1.24 bits per heavy atom. The predicted molar refractivity (Wildman–Crippen MR) is 93.3 cm³/mol. The molecular formula is C19H16ClNO4. The Morgan fingerprint density at radius 2 is 1.96 bits per heavy atom. The third kappa shape index (κ3) is 3.15. The van der Waals surface area contributed by atoms with E-state index in [4.69, 9.17) is 16.1 Å². The van der Waals surface area contributed by atoms with Gasteiger partial charge in [0.25, 0.3) is 0 Å². The first kappa shape index (κ1) is 17.2. The summed E-state index contributed by atoms with van der Waals surface area (Å²) in [6.07, 6.45) is 3.32. The third-order valence-corrected chi connectivity index (χ3v) is 4.30. The molecule has 0 unspecified atom stereocenters. The lowest BCUT2D eigenvalue weighted by molar-refractivity contribution is 0.0585. The van der Waals surface area contributed by atoms with Gasteiger partial charge in [0.05, 0.1) is 12.1 Å². The highest BCUT2D eigenvalue weighted by Gasteiger charge is 2.28. The molecule has 0 saturated carbocycles. The number of ketones is 1. The Hall–Kier alpha value is -2.66. The lowest BCUT2D eigenvalue weighted by Gasteiger charge is -2.06. The van der Waals surface area contributed by atoms with Crippen LogP contribution in [0.25, 0.3) is 11.1 Å². The number of methoxy groups -OCH3 is 1. The van der Waals surface area contributed by atoms with Gasteiger partial charge < -0.3 is 9.26 Å². The van der Waals surface area contributed by atoms with Crippen molar-refractivity contribution in [1.82, 2.24) is 5.16 Å². The zero-order valence-corrected chi connectivity index (χ0v) is 14.6. The highest BCUT2D eigenvalue weighted by molar-refractivity contribution is 6.36. The van der Waals surface area contributed by atoms with Gasteiger partial charge in [0.2, 0.25) is 0 Å². The molecule has 1 aliphatic heterocycles. The molecule has 1 aromatic carbocycles. The topological polar surface area (TPSA) is 69.4 Å². The number of ether oxygens (including phenoxy) is 1. The highest BCUT2D eigenvalue weighted by Crippen LogP contribution is 2.39.